The Kier molecular flexibility index (Phi) is 5.88. The van der Waals surface area contributed by atoms with Gasteiger partial charge in [0.2, 0.25) is 0 Å². The lowest BCUT2D eigenvalue weighted by atomic mass is 10.1. The second kappa shape index (κ2) is 8.52. The van der Waals surface area contributed by atoms with Crippen LogP contribution in [0.4, 0.5) is 4.39 Å². The van der Waals surface area contributed by atoms with Crippen LogP contribution in [0.5, 0.6) is 0 Å². The largest absolute Gasteiger partial charge is 0.478 e. The Hall–Kier alpha value is -3.73. The number of methoxy groups -OCH3 is 1. The zero-order valence-corrected chi connectivity index (χ0v) is 15.5. The van der Waals surface area contributed by atoms with E-state index in [9.17, 15) is 14.0 Å². The molecule has 0 radical (unpaired) electrons. The monoisotopic (exact) mass is 400 g/mol. The molecular weight excluding hydrogens is 383 g/mol. The molecule has 0 bridgehead atoms. The van der Waals surface area contributed by atoms with Gasteiger partial charge in [0.25, 0.3) is 5.91 Å². The molecule has 2 unspecified atom stereocenters. The average molecular weight is 400 g/mol. The fourth-order valence-corrected chi connectivity index (χ4v) is 2.54. The summed E-state index contributed by atoms with van der Waals surface area (Å²) in [5, 5.41) is 19.9. The van der Waals surface area contributed by atoms with E-state index < -0.39 is 29.8 Å². The Morgan fingerprint density at radius 1 is 1.17 bits per heavy atom. The minimum atomic E-state index is -1.12. The van der Waals surface area contributed by atoms with Crippen molar-refractivity contribution in [3.05, 3.63) is 65.8 Å². The van der Waals surface area contributed by atoms with Crippen molar-refractivity contribution in [3.8, 4) is 5.69 Å². The Morgan fingerprint density at radius 3 is 2.59 bits per heavy atom. The van der Waals surface area contributed by atoms with E-state index >= 15 is 0 Å². The number of hydrogen-bond donors (Lipinski definition) is 2. The predicted molar refractivity (Wildman–Crippen MR) is 97.0 cm³/mol. The van der Waals surface area contributed by atoms with Gasteiger partial charge in [0, 0.05) is 19.5 Å². The fraction of sp³-hybridized carbons (Fsp3) is 0.222. The van der Waals surface area contributed by atoms with Crippen molar-refractivity contribution >= 4 is 11.9 Å². The maximum atomic E-state index is 13.4. The van der Waals surface area contributed by atoms with Crippen LogP contribution in [-0.2, 0) is 4.74 Å². The van der Waals surface area contributed by atoms with Crippen molar-refractivity contribution in [2.75, 3.05) is 7.11 Å². The molecule has 11 heteroatoms. The molecule has 0 aliphatic rings. The van der Waals surface area contributed by atoms with Crippen molar-refractivity contribution < 1.29 is 23.8 Å². The second-order valence-corrected chi connectivity index (χ2v) is 6.11. The molecule has 0 spiro atoms. The quantitative estimate of drug-likeness (QED) is 0.608. The third-order valence-corrected chi connectivity index (χ3v) is 4.16. The number of hydrogen-bond acceptors (Lipinski definition) is 7. The molecule has 3 rings (SSSR count). The molecule has 29 heavy (non-hydrogen) atoms. The van der Waals surface area contributed by atoms with E-state index in [0.29, 0.717) is 11.4 Å². The van der Waals surface area contributed by atoms with Gasteiger partial charge in [0.05, 0.1) is 41.5 Å². The molecule has 10 nitrogen and oxygen atoms in total. The standard InChI is InChI=1S/C18H17FN6O4/c1-10(29-2)16(22-17(26)11-3-13(19)7-20-5-11)15-9-25(24-23-15)14-4-12(18(27)28)6-21-8-14/h3-10,16H,1-2H3,(H,22,26)(H,27,28). The first-order chi connectivity index (χ1) is 13.9. The molecule has 3 heterocycles. The van der Waals surface area contributed by atoms with Crippen LogP contribution in [0.15, 0.2) is 43.1 Å². The molecular formula is C18H17FN6O4. The van der Waals surface area contributed by atoms with Gasteiger partial charge in [-0.1, -0.05) is 5.21 Å². The van der Waals surface area contributed by atoms with Crippen LogP contribution in [0.1, 0.15) is 39.4 Å². The summed E-state index contributed by atoms with van der Waals surface area (Å²) < 4.78 is 20.0. The summed E-state index contributed by atoms with van der Waals surface area (Å²) in [5.41, 5.74) is 0.781. The van der Waals surface area contributed by atoms with Crippen molar-refractivity contribution in [1.82, 2.24) is 30.3 Å². The molecule has 0 saturated carbocycles. The lowest BCUT2D eigenvalue weighted by Gasteiger charge is -2.22. The first-order valence-electron chi connectivity index (χ1n) is 8.44. The molecule has 0 fully saturated rings. The van der Waals surface area contributed by atoms with Crippen LogP contribution >= 0.6 is 0 Å². The highest BCUT2D eigenvalue weighted by Gasteiger charge is 2.25. The van der Waals surface area contributed by atoms with Crippen molar-refractivity contribution in [2.24, 2.45) is 0 Å². The van der Waals surface area contributed by atoms with Gasteiger partial charge in [-0.25, -0.2) is 13.9 Å². The zero-order chi connectivity index (χ0) is 21.0. The van der Waals surface area contributed by atoms with Crippen LogP contribution in [0.2, 0.25) is 0 Å². The van der Waals surface area contributed by atoms with Gasteiger partial charge in [-0.2, -0.15) is 0 Å². The van der Waals surface area contributed by atoms with E-state index in [0.717, 1.165) is 12.3 Å². The SMILES string of the molecule is COC(C)C(NC(=O)c1cncc(F)c1)c1cn(-c2cncc(C(=O)O)c2)nn1. The van der Waals surface area contributed by atoms with E-state index in [1.807, 2.05) is 0 Å². The minimum absolute atomic E-state index is 0.00623. The highest BCUT2D eigenvalue weighted by molar-refractivity contribution is 5.94. The third kappa shape index (κ3) is 4.58. The number of halogens is 1. The number of carboxylic acids is 1. The molecule has 2 atom stereocenters. The summed E-state index contributed by atoms with van der Waals surface area (Å²) in [6.07, 6.45) is 5.91. The molecule has 3 aromatic rings. The number of carboxylic acid groups (broad SMARTS) is 1. The number of carbonyl (C=O) groups is 2. The number of amides is 1. The summed E-state index contributed by atoms with van der Waals surface area (Å²) in [4.78, 5) is 31.2. The highest BCUT2D eigenvalue weighted by atomic mass is 19.1. The molecule has 0 saturated heterocycles. The van der Waals surface area contributed by atoms with Crippen molar-refractivity contribution in [1.29, 1.82) is 0 Å². The number of rotatable bonds is 7. The van der Waals surface area contributed by atoms with Gasteiger partial charge in [0.1, 0.15) is 17.6 Å². The fourth-order valence-electron chi connectivity index (χ4n) is 2.54. The predicted octanol–water partition coefficient (Wildman–Crippen LogP) is 1.40. The molecule has 0 aliphatic carbocycles. The number of ether oxygens (including phenoxy) is 1. The number of aromatic carboxylic acids is 1. The summed E-state index contributed by atoms with van der Waals surface area (Å²) in [7, 11) is 1.47. The summed E-state index contributed by atoms with van der Waals surface area (Å²) in [6, 6.07) is 1.75. The molecule has 150 valence electrons. The van der Waals surface area contributed by atoms with Crippen molar-refractivity contribution in [2.45, 2.75) is 19.1 Å². The van der Waals surface area contributed by atoms with E-state index in [2.05, 4.69) is 25.6 Å². The zero-order valence-electron chi connectivity index (χ0n) is 15.5. The number of pyridine rings is 2. The summed E-state index contributed by atoms with van der Waals surface area (Å²) in [6.45, 7) is 1.72. The third-order valence-electron chi connectivity index (χ3n) is 4.16. The second-order valence-electron chi connectivity index (χ2n) is 6.11. The highest BCUT2D eigenvalue weighted by Crippen LogP contribution is 2.19. The molecule has 1 amide bonds. The van der Waals surface area contributed by atoms with Gasteiger partial charge in [-0.3, -0.25) is 14.8 Å². The molecule has 2 N–H and O–H groups in total. The Bertz CT molecular complexity index is 1040. The average Bonchev–Trinajstić information content (AvgIpc) is 3.21. The van der Waals surface area contributed by atoms with Crippen molar-refractivity contribution in [3.63, 3.8) is 0 Å². The summed E-state index contributed by atoms with van der Waals surface area (Å²) in [5.74, 6) is -2.32. The number of aromatic nitrogens is 5. The van der Waals surface area contributed by atoms with Crippen LogP contribution < -0.4 is 5.32 Å². The van der Waals surface area contributed by atoms with Gasteiger partial charge in [-0.15, -0.1) is 5.10 Å². The summed E-state index contributed by atoms with van der Waals surface area (Å²) >= 11 is 0. The van der Waals surface area contributed by atoms with E-state index in [1.54, 1.807) is 6.92 Å². The lowest BCUT2D eigenvalue weighted by molar-refractivity contribution is 0.0685. The number of carbonyl (C=O) groups excluding carboxylic acids is 1. The molecule has 3 aromatic heterocycles. The number of nitrogens with one attached hydrogen (secondary N) is 1. The number of nitrogens with zero attached hydrogens (tertiary/aromatic N) is 5. The minimum Gasteiger partial charge on any atom is -0.478 e. The van der Waals surface area contributed by atoms with E-state index in [4.69, 9.17) is 9.84 Å². The maximum Gasteiger partial charge on any atom is 0.337 e. The van der Waals surface area contributed by atoms with Crippen LogP contribution in [0.3, 0.4) is 0 Å². The molecule has 0 aromatic carbocycles. The first-order valence-corrected chi connectivity index (χ1v) is 8.44. The van der Waals surface area contributed by atoms with Crippen LogP contribution in [0, 0.1) is 5.82 Å². The smallest absolute Gasteiger partial charge is 0.337 e. The van der Waals surface area contributed by atoms with Gasteiger partial charge in [-0.05, 0) is 19.1 Å². The normalized spacial score (nSPS) is 12.9. The van der Waals surface area contributed by atoms with E-state index in [-0.39, 0.29) is 11.1 Å². The topological polar surface area (TPSA) is 132 Å². The van der Waals surface area contributed by atoms with Crippen LogP contribution in [0.25, 0.3) is 5.69 Å². The Morgan fingerprint density at radius 2 is 1.90 bits per heavy atom. The maximum absolute atomic E-state index is 13.4. The van der Waals surface area contributed by atoms with Gasteiger partial charge >= 0.3 is 5.97 Å². The molecule has 0 aliphatic heterocycles. The van der Waals surface area contributed by atoms with E-state index in [1.165, 1.54) is 42.6 Å². The lowest BCUT2D eigenvalue weighted by Crippen LogP contribution is -2.36. The van der Waals surface area contributed by atoms with Gasteiger partial charge < -0.3 is 15.2 Å². The first kappa shape index (κ1) is 20.0. The Balaban J connectivity index is 1.88. The van der Waals surface area contributed by atoms with Gasteiger partial charge in [0.15, 0.2) is 0 Å². The van der Waals surface area contributed by atoms with Crippen LogP contribution in [-0.4, -0.2) is 55.2 Å². The Labute approximate surface area is 164 Å².